The first-order valence-corrected chi connectivity index (χ1v) is 6.85. The number of carbonyl (C=O) groups excluding carboxylic acids is 1. The van der Waals surface area contributed by atoms with Crippen molar-refractivity contribution in [1.29, 1.82) is 0 Å². The molecule has 0 fully saturated rings. The van der Waals surface area contributed by atoms with E-state index < -0.39 is 0 Å². The van der Waals surface area contributed by atoms with Gasteiger partial charge in [-0.3, -0.25) is 4.79 Å². The SMILES string of the molecule is C[C@@H](NC(=O)c1ccc(CCN)cc1)c1ccccc1. The van der Waals surface area contributed by atoms with E-state index in [1.807, 2.05) is 61.5 Å². The summed E-state index contributed by atoms with van der Waals surface area (Å²) in [6.45, 7) is 2.60. The minimum Gasteiger partial charge on any atom is -0.346 e. The van der Waals surface area contributed by atoms with Crippen LogP contribution in [0.3, 0.4) is 0 Å². The van der Waals surface area contributed by atoms with Crippen LogP contribution >= 0.6 is 0 Å². The summed E-state index contributed by atoms with van der Waals surface area (Å²) in [5.41, 5.74) is 8.43. The third-order valence-corrected chi connectivity index (χ3v) is 3.30. The lowest BCUT2D eigenvalue weighted by atomic mass is 10.1. The van der Waals surface area contributed by atoms with Crippen LogP contribution in [0.25, 0.3) is 0 Å². The summed E-state index contributed by atoms with van der Waals surface area (Å²) in [5.74, 6) is -0.0550. The molecule has 0 aliphatic rings. The Bertz CT molecular complexity index is 549. The molecular formula is C17H20N2O. The minimum absolute atomic E-state index is 0.00702. The maximum atomic E-state index is 12.2. The molecular weight excluding hydrogens is 248 g/mol. The van der Waals surface area contributed by atoms with Gasteiger partial charge in [0.1, 0.15) is 0 Å². The Labute approximate surface area is 119 Å². The molecule has 2 rings (SSSR count). The molecule has 20 heavy (non-hydrogen) atoms. The number of carbonyl (C=O) groups is 1. The lowest BCUT2D eigenvalue weighted by Crippen LogP contribution is -2.26. The predicted molar refractivity (Wildman–Crippen MR) is 81.5 cm³/mol. The second-order valence-electron chi connectivity index (χ2n) is 4.84. The summed E-state index contributed by atoms with van der Waals surface area (Å²) in [4.78, 5) is 12.2. The monoisotopic (exact) mass is 268 g/mol. The van der Waals surface area contributed by atoms with Crippen LogP contribution in [0.2, 0.25) is 0 Å². The van der Waals surface area contributed by atoms with Crippen molar-refractivity contribution in [2.75, 3.05) is 6.54 Å². The summed E-state index contributed by atoms with van der Waals surface area (Å²) in [6, 6.07) is 17.5. The molecule has 0 heterocycles. The van der Waals surface area contributed by atoms with Gasteiger partial charge in [0.25, 0.3) is 5.91 Å². The smallest absolute Gasteiger partial charge is 0.251 e. The fourth-order valence-electron chi connectivity index (χ4n) is 2.09. The Kier molecular flexibility index (Phi) is 4.91. The topological polar surface area (TPSA) is 55.1 Å². The zero-order valence-electron chi connectivity index (χ0n) is 11.7. The van der Waals surface area contributed by atoms with Crippen molar-refractivity contribution >= 4 is 5.91 Å². The van der Waals surface area contributed by atoms with Crippen molar-refractivity contribution in [3.63, 3.8) is 0 Å². The van der Waals surface area contributed by atoms with E-state index >= 15 is 0 Å². The first kappa shape index (κ1) is 14.3. The Morgan fingerprint density at radius 3 is 2.35 bits per heavy atom. The lowest BCUT2D eigenvalue weighted by molar-refractivity contribution is 0.0940. The molecule has 0 aliphatic heterocycles. The molecule has 0 bridgehead atoms. The van der Waals surface area contributed by atoms with Gasteiger partial charge < -0.3 is 11.1 Å². The van der Waals surface area contributed by atoms with Crippen LogP contribution < -0.4 is 11.1 Å². The number of amides is 1. The van der Waals surface area contributed by atoms with Crippen molar-refractivity contribution in [3.05, 3.63) is 71.3 Å². The number of hydrogen-bond donors (Lipinski definition) is 2. The van der Waals surface area contributed by atoms with E-state index in [4.69, 9.17) is 5.73 Å². The number of nitrogens with one attached hydrogen (secondary N) is 1. The zero-order chi connectivity index (χ0) is 14.4. The molecule has 1 amide bonds. The Morgan fingerprint density at radius 2 is 1.75 bits per heavy atom. The molecule has 0 saturated heterocycles. The van der Waals surface area contributed by atoms with Crippen molar-refractivity contribution in [3.8, 4) is 0 Å². The molecule has 104 valence electrons. The number of rotatable bonds is 5. The third-order valence-electron chi connectivity index (χ3n) is 3.30. The standard InChI is InChI=1S/C17H20N2O/c1-13(15-5-3-2-4-6-15)19-17(20)16-9-7-14(8-10-16)11-12-18/h2-10,13H,11-12,18H2,1H3,(H,19,20)/t13-/m1/s1. The van der Waals surface area contributed by atoms with E-state index in [0.717, 1.165) is 17.5 Å². The number of benzene rings is 2. The van der Waals surface area contributed by atoms with Gasteiger partial charge >= 0.3 is 0 Å². The van der Waals surface area contributed by atoms with Gasteiger partial charge in [-0.25, -0.2) is 0 Å². The quantitative estimate of drug-likeness (QED) is 0.876. The van der Waals surface area contributed by atoms with E-state index in [-0.39, 0.29) is 11.9 Å². The van der Waals surface area contributed by atoms with Crippen LogP contribution in [0.15, 0.2) is 54.6 Å². The zero-order valence-corrected chi connectivity index (χ0v) is 11.7. The second kappa shape index (κ2) is 6.87. The van der Waals surface area contributed by atoms with Gasteiger partial charge in [-0.15, -0.1) is 0 Å². The Morgan fingerprint density at radius 1 is 1.10 bits per heavy atom. The van der Waals surface area contributed by atoms with Crippen molar-refractivity contribution in [2.45, 2.75) is 19.4 Å². The van der Waals surface area contributed by atoms with Crippen LogP contribution in [-0.4, -0.2) is 12.5 Å². The van der Waals surface area contributed by atoms with Gasteiger partial charge in [-0.1, -0.05) is 42.5 Å². The largest absolute Gasteiger partial charge is 0.346 e. The van der Waals surface area contributed by atoms with Gasteiger partial charge in [0.15, 0.2) is 0 Å². The Balaban J connectivity index is 2.01. The molecule has 3 heteroatoms. The molecule has 3 N–H and O–H groups in total. The lowest BCUT2D eigenvalue weighted by Gasteiger charge is -2.14. The highest BCUT2D eigenvalue weighted by molar-refractivity contribution is 5.94. The second-order valence-corrected chi connectivity index (χ2v) is 4.84. The first-order chi connectivity index (χ1) is 9.70. The summed E-state index contributed by atoms with van der Waals surface area (Å²) < 4.78 is 0. The highest BCUT2D eigenvalue weighted by atomic mass is 16.1. The van der Waals surface area contributed by atoms with Crippen molar-refractivity contribution < 1.29 is 4.79 Å². The fourth-order valence-corrected chi connectivity index (χ4v) is 2.09. The number of hydrogen-bond acceptors (Lipinski definition) is 2. The molecule has 1 atom stereocenters. The van der Waals surface area contributed by atoms with Crippen LogP contribution in [0.5, 0.6) is 0 Å². The number of nitrogens with two attached hydrogens (primary N) is 1. The predicted octanol–water partition coefficient (Wildman–Crippen LogP) is 2.68. The van der Waals surface area contributed by atoms with Crippen molar-refractivity contribution in [1.82, 2.24) is 5.32 Å². The minimum atomic E-state index is -0.0550. The molecule has 0 aliphatic carbocycles. The average Bonchev–Trinajstić information content (AvgIpc) is 2.49. The van der Waals surface area contributed by atoms with Gasteiger partial charge in [-0.05, 0) is 43.1 Å². The van der Waals surface area contributed by atoms with E-state index in [2.05, 4.69) is 5.32 Å². The summed E-state index contributed by atoms with van der Waals surface area (Å²) in [7, 11) is 0. The van der Waals surface area contributed by atoms with Crippen molar-refractivity contribution in [2.24, 2.45) is 5.73 Å². The Hall–Kier alpha value is -2.13. The molecule has 0 aromatic heterocycles. The van der Waals surface area contributed by atoms with Gasteiger partial charge in [0.05, 0.1) is 6.04 Å². The maximum absolute atomic E-state index is 12.2. The molecule has 0 spiro atoms. The summed E-state index contributed by atoms with van der Waals surface area (Å²) in [6.07, 6.45) is 0.836. The van der Waals surface area contributed by atoms with Crippen LogP contribution in [0, 0.1) is 0 Å². The normalized spacial score (nSPS) is 11.9. The van der Waals surface area contributed by atoms with E-state index in [1.54, 1.807) is 0 Å². The van der Waals surface area contributed by atoms with Gasteiger partial charge in [0.2, 0.25) is 0 Å². The van der Waals surface area contributed by atoms with Crippen LogP contribution in [0.1, 0.15) is 34.5 Å². The highest BCUT2D eigenvalue weighted by Crippen LogP contribution is 2.12. The average molecular weight is 268 g/mol. The molecule has 0 unspecified atom stereocenters. The molecule has 3 nitrogen and oxygen atoms in total. The summed E-state index contributed by atoms with van der Waals surface area (Å²) in [5, 5.41) is 3.00. The highest BCUT2D eigenvalue weighted by Gasteiger charge is 2.10. The molecule has 2 aromatic rings. The van der Waals surface area contributed by atoms with Crippen LogP contribution in [-0.2, 0) is 6.42 Å². The van der Waals surface area contributed by atoms with Gasteiger partial charge in [0, 0.05) is 5.56 Å². The van der Waals surface area contributed by atoms with E-state index in [9.17, 15) is 4.79 Å². The summed E-state index contributed by atoms with van der Waals surface area (Å²) >= 11 is 0. The van der Waals surface area contributed by atoms with Gasteiger partial charge in [-0.2, -0.15) is 0 Å². The molecule has 2 aromatic carbocycles. The first-order valence-electron chi connectivity index (χ1n) is 6.85. The third kappa shape index (κ3) is 3.68. The van der Waals surface area contributed by atoms with E-state index in [1.165, 1.54) is 0 Å². The maximum Gasteiger partial charge on any atom is 0.251 e. The van der Waals surface area contributed by atoms with E-state index in [0.29, 0.717) is 12.1 Å². The molecule has 0 saturated carbocycles. The fraction of sp³-hybridized carbons (Fsp3) is 0.235. The van der Waals surface area contributed by atoms with Crippen LogP contribution in [0.4, 0.5) is 0 Å². The molecule has 0 radical (unpaired) electrons.